The molecule has 3 aromatic rings. The number of amides is 3. The highest BCUT2D eigenvalue weighted by molar-refractivity contribution is 7.09. The molecule has 0 unspecified atom stereocenters. The molecule has 8 heteroatoms. The minimum Gasteiger partial charge on any atom is -0.309 e. The summed E-state index contributed by atoms with van der Waals surface area (Å²) < 4.78 is 0. The molecule has 2 aliphatic heterocycles. The van der Waals surface area contributed by atoms with E-state index in [0.717, 1.165) is 36.6 Å². The third-order valence-corrected chi connectivity index (χ3v) is 7.44. The van der Waals surface area contributed by atoms with Crippen LogP contribution in [0.2, 0.25) is 0 Å². The summed E-state index contributed by atoms with van der Waals surface area (Å²) in [6, 6.07) is 13.7. The van der Waals surface area contributed by atoms with E-state index in [-0.39, 0.29) is 18.5 Å². The zero-order valence-corrected chi connectivity index (χ0v) is 19.3. The molecule has 2 aromatic heterocycles. The number of hydrogen-bond acceptors (Lipinski definition) is 6. The Balaban J connectivity index is 1.36. The molecule has 3 amide bonds. The number of benzene rings is 1. The first-order valence-electron chi connectivity index (χ1n) is 11.3. The van der Waals surface area contributed by atoms with Gasteiger partial charge in [0.1, 0.15) is 10.5 Å². The highest BCUT2D eigenvalue weighted by Gasteiger charge is 2.57. The Bertz CT molecular complexity index is 1080. The van der Waals surface area contributed by atoms with Crippen LogP contribution in [0, 0.1) is 0 Å². The van der Waals surface area contributed by atoms with Crippen LogP contribution in [0.3, 0.4) is 0 Å². The average Bonchev–Trinajstić information content (AvgIpc) is 3.43. The fraction of sp³-hybridized carbons (Fsp3) is 0.360. The molecule has 2 aliphatic rings. The molecule has 33 heavy (non-hydrogen) atoms. The zero-order valence-electron chi connectivity index (χ0n) is 18.5. The van der Waals surface area contributed by atoms with E-state index in [2.05, 4.69) is 27.0 Å². The number of rotatable bonds is 7. The second kappa shape index (κ2) is 9.41. The van der Waals surface area contributed by atoms with Crippen molar-refractivity contribution in [2.75, 3.05) is 19.6 Å². The molecule has 0 aliphatic carbocycles. The third-order valence-electron chi connectivity index (χ3n) is 6.68. The van der Waals surface area contributed by atoms with Crippen molar-refractivity contribution >= 4 is 23.3 Å². The van der Waals surface area contributed by atoms with Gasteiger partial charge >= 0.3 is 6.03 Å². The quantitative estimate of drug-likeness (QED) is 0.503. The maximum Gasteiger partial charge on any atom is 0.328 e. The second-order valence-corrected chi connectivity index (χ2v) is 9.64. The first kappa shape index (κ1) is 21.7. The van der Waals surface area contributed by atoms with Crippen LogP contribution >= 0.6 is 11.3 Å². The van der Waals surface area contributed by atoms with Crippen molar-refractivity contribution in [1.29, 1.82) is 0 Å². The van der Waals surface area contributed by atoms with Crippen molar-refractivity contribution in [3.8, 4) is 0 Å². The normalized spacial score (nSPS) is 18.4. The molecule has 5 rings (SSSR count). The maximum atomic E-state index is 13.8. The number of nitrogens with zero attached hydrogens (tertiary/aromatic N) is 5. The van der Waals surface area contributed by atoms with E-state index in [1.165, 1.54) is 10.5 Å². The van der Waals surface area contributed by atoms with Gasteiger partial charge in [0, 0.05) is 43.6 Å². The molecular formula is C25H27N5O2S. The fourth-order valence-electron chi connectivity index (χ4n) is 4.88. The number of hydrogen-bond donors (Lipinski definition) is 0. The second-order valence-electron chi connectivity index (χ2n) is 8.66. The molecule has 0 saturated carbocycles. The molecule has 1 spiro atoms. The number of carbonyl (C=O) groups is 2. The number of imide groups is 1. The van der Waals surface area contributed by atoms with Crippen LogP contribution in [0.1, 0.15) is 29.0 Å². The van der Waals surface area contributed by atoms with E-state index in [4.69, 9.17) is 0 Å². The predicted molar refractivity (Wildman–Crippen MR) is 126 cm³/mol. The monoisotopic (exact) mass is 461 g/mol. The molecule has 7 nitrogen and oxygen atoms in total. The average molecular weight is 462 g/mol. The van der Waals surface area contributed by atoms with Gasteiger partial charge in [-0.3, -0.25) is 19.6 Å². The van der Waals surface area contributed by atoms with Gasteiger partial charge in [0.2, 0.25) is 0 Å². The van der Waals surface area contributed by atoms with E-state index in [9.17, 15) is 9.59 Å². The van der Waals surface area contributed by atoms with Gasteiger partial charge in [-0.1, -0.05) is 36.4 Å². The lowest BCUT2D eigenvalue weighted by atomic mass is 9.85. The van der Waals surface area contributed by atoms with Crippen molar-refractivity contribution in [3.63, 3.8) is 0 Å². The number of pyridine rings is 1. The molecule has 170 valence electrons. The van der Waals surface area contributed by atoms with Gasteiger partial charge in [0.15, 0.2) is 0 Å². The molecule has 2 saturated heterocycles. The first-order chi connectivity index (χ1) is 16.2. The van der Waals surface area contributed by atoms with E-state index in [1.54, 1.807) is 23.7 Å². The summed E-state index contributed by atoms with van der Waals surface area (Å²) in [5.41, 5.74) is 1.26. The Morgan fingerprint density at radius 3 is 2.42 bits per heavy atom. The van der Waals surface area contributed by atoms with Gasteiger partial charge in [-0.15, -0.1) is 11.3 Å². The number of piperidine rings is 1. The van der Waals surface area contributed by atoms with Gasteiger partial charge in [0.25, 0.3) is 5.91 Å². The number of aromatic nitrogens is 2. The summed E-state index contributed by atoms with van der Waals surface area (Å²) in [5, 5.41) is 3.07. The Hall–Kier alpha value is -3.10. The van der Waals surface area contributed by atoms with Crippen LogP contribution in [0.4, 0.5) is 4.79 Å². The van der Waals surface area contributed by atoms with Gasteiger partial charge in [-0.05, 0) is 36.5 Å². The van der Waals surface area contributed by atoms with Crippen LogP contribution < -0.4 is 0 Å². The topological polar surface area (TPSA) is 69.6 Å². The fourth-order valence-corrected chi connectivity index (χ4v) is 5.54. The molecular weight excluding hydrogens is 434 g/mol. The van der Waals surface area contributed by atoms with Crippen molar-refractivity contribution in [2.45, 2.75) is 37.9 Å². The van der Waals surface area contributed by atoms with Crippen LogP contribution in [0.25, 0.3) is 0 Å². The predicted octanol–water partition coefficient (Wildman–Crippen LogP) is 3.58. The van der Waals surface area contributed by atoms with Crippen molar-refractivity contribution < 1.29 is 9.59 Å². The summed E-state index contributed by atoms with van der Waals surface area (Å²) in [4.78, 5) is 41.4. The lowest BCUT2D eigenvalue weighted by molar-refractivity contribution is -0.136. The Morgan fingerprint density at radius 2 is 1.73 bits per heavy atom. The largest absolute Gasteiger partial charge is 0.328 e. The maximum absolute atomic E-state index is 13.8. The van der Waals surface area contributed by atoms with Gasteiger partial charge in [-0.2, -0.15) is 0 Å². The standard InChI is InChI=1S/C25H27N5O2S/c31-23-25(9-14-28(15-10-25)19-22-27-12-16-33-22)30(13-8-20-5-2-1-3-6-20)24(32)29(23)18-21-7-4-11-26-17-21/h1-7,11-12,16-17H,8-10,13-15,18-19H2. The van der Waals surface area contributed by atoms with Crippen LogP contribution in [0.15, 0.2) is 66.4 Å². The SMILES string of the molecule is O=C1N(Cc2cccnc2)C(=O)C2(CCN(Cc3nccs3)CC2)N1CCc1ccccc1. The molecule has 2 fully saturated rings. The lowest BCUT2D eigenvalue weighted by Crippen LogP contribution is -2.56. The molecule has 0 atom stereocenters. The Morgan fingerprint density at radius 1 is 0.939 bits per heavy atom. The number of urea groups is 1. The minimum absolute atomic E-state index is 0.0710. The Kier molecular flexibility index (Phi) is 6.20. The highest BCUT2D eigenvalue weighted by Crippen LogP contribution is 2.38. The summed E-state index contributed by atoms with van der Waals surface area (Å²) in [7, 11) is 0. The lowest BCUT2D eigenvalue weighted by Gasteiger charge is -2.42. The first-order valence-corrected chi connectivity index (χ1v) is 12.2. The minimum atomic E-state index is -0.770. The Labute approximate surface area is 197 Å². The zero-order chi connectivity index (χ0) is 22.7. The number of thiazole rings is 1. The molecule has 0 bridgehead atoms. The van der Waals surface area contributed by atoms with Gasteiger partial charge < -0.3 is 4.90 Å². The van der Waals surface area contributed by atoms with Gasteiger partial charge in [-0.25, -0.2) is 9.78 Å². The molecule has 4 heterocycles. The van der Waals surface area contributed by atoms with Crippen molar-refractivity contribution in [1.82, 2.24) is 24.7 Å². The summed E-state index contributed by atoms with van der Waals surface area (Å²) >= 11 is 1.65. The summed E-state index contributed by atoms with van der Waals surface area (Å²) in [6.45, 7) is 3.12. The molecule has 1 aromatic carbocycles. The van der Waals surface area contributed by atoms with Crippen molar-refractivity contribution in [3.05, 3.63) is 82.6 Å². The van der Waals surface area contributed by atoms with Crippen LogP contribution in [-0.2, 0) is 24.3 Å². The smallest absolute Gasteiger partial charge is 0.309 e. The highest BCUT2D eigenvalue weighted by atomic mass is 32.1. The van der Waals surface area contributed by atoms with E-state index in [0.29, 0.717) is 19.4 Å². The summed E-state index contributed by atoms with van der Waals surface area (Å²) in [6.07, 6.45) is 7.25. The molecule has 0 N–H and O–H groups in total. The third kappa shape index (κ3) is 4.41. The van der Waals surface area contributed by atoms with E-state index >= 15 is 0 Å². The van der Waals surface area contributed by atoms with E-state index < -0.39 is 5.54 Å². The van der Waals surface area contributed by atoms with E-state index in [1.807, 2.05) is 46.8 Å². The summed E-state index contributed by atoms with van der Waals surface area (Å²) in [5.74, 6) is -0.0710. The van der Waals surface area contributed by atoms with Crippen LogP contribution in [0.5, 0.6) is 0 Å². The van der Waals surface area contributed by atoms with Crippen LogP contribution in [-0.4, -0.2) is 61.8 Å². The van der Waals surface area contributed by atoms with Gasteiger partial charge in [0.05, 0.1) is 13.1 Å². The molecule has 0 radical (unpaired) electrons. The number of carbonyl (C=O) groups excluding carboxylic acids is 2. The van der Waals surface area contributed by atoms with Crippen molar-refractivity contribution in [2.24, 2.45) is 0 Å². The number of likely N-dealkylation sites (tertiary alicyclic amines) is 1.